The number of hydrogen-bond acceptors (Lipinski definition) is 6. The third-order valence-corrected chi connectivity index (χ3v) is 3.44. The summed E-state index contributed by atoms with van der Waals surface area (Å²) in [6, 6.07) is 14.1. The van der Waals surface area contributed by atoms with Crippen LogP contribution in [-0.4, -0.2) is 12.7 Å². The van der Waals surface area contributed by atoms with Gasteiger partial charge in [-0.25, -0.2) is 0 Å². The van der Waals surface area contributed by atoms with Crippen LogP contribution in [0.15, 0.2) is 47.1 Å². The predicted molar refractivity (Wildman–Crippen MR) is 73.3 cm³/mol. The van der Waals surface area contributed by atoms with Gasteiger partial charge in [-0.15, -0.1) is 0 Å². The van der Waals surface area contributed by atoms with Crippen molar-refractivity contribution in [1.29, 1.82) is 10.5 Å². The smallest absolute Gasteiger partial charge is 0.277 e. The Morgan fingerprint density at radius 1 is 1.14 bits per heavy atom. The molecule has 0 unspecified atom stereocenters. The molecule has 0 radical (unpaired) electrons. The first-order chi connectivity index (χ1) is 10.7. The van der Waals surface area contributed by atoms with E-state index in [1.54, 1.807) is 43.5 Å². The number of rotatable bonds is 3. The van der Waals surface area contributed by atoms with Crippen molar-refractivity contribution < 1.29 is 18.6 Å². The van der Waals surface area contributed by atoms with Gasteiger partial charge in [-0.3, -0.25) is 0 Å². The summed E-state index contributed by atoms with van der Waals surface area (Å²) in [5.41, 5.74) is -1.06. The van der Waals surface area contributed by atoms with Gasteiger partial charge >= 0.3 is 0 Å². The number of benzene rings is 1. The molecule has 1 aliphatic rings. The molecule has 0 bridgehead atoms. The Labute approximate surface area is 127 Å². The maximum atomic E-state index is 9.39. The van der Waals surface area contributed by atoms with E-state index in [2.05, 4.69) is 0 Å². The largest absolute Gasteiger partial charge is 0.497 e. The number of furan rings is 1. The van der Waals surface area contributed by atoms with Crippen molar-refractivity contribution in [2.75, 3.05) is 7.11 Å². The maximum Gasteiger partial charge on any atom is 0.277 e. The van der Waals surface area contributed by atoms with E-state index in [0.717, 1.165) is 0 Å². The molecule has 3 rings (SSSR count). The number of nitriles is 2. The van der Waals surface area contributed by atoms with Gasteiger partial charge in [-0.05, 0) is 24.3 Å². The lowest BCUT2D eigenvalue weighted by Crippen LogP contribution is -2.30. The van der Waals surface area contributed by atoms with Crippen LogP contribution in [0.3, 0.4) is 0 Å². The van der Waals surface area contributed by atoms with Gasteiger partial charge in [-0.1, -0.05) is 12.1 Å². The minimum absolute atomic E-state index is 0.374. The summed E-state index contributed by atoms with van der Waals surface area (Å²) < 4.78 is 21.7. The minimum Gasteiger partial charge on any atom is -0.497 e. The van der Waals surface area contributed by atoms with Gasteiger partial charge < -0.3 is 18.6 Å². The minimum atomic E-state index is -1.75. The van der Waals surface area contributed by atoms with Crippen molar-refractivity contribution in [3.05, 3.63) is 54.0 Å². The second-order valence-electron chi connectivity index (χ2n) is 4.71. The Balaban J connectivity index is 1.93. The van der Waals surface area contributed by atoms with Crippen LogP contribution in [0.25, 0.3) is 0 Å². The maximum absolute atomic E-state index is 9.39. The Morgan fingerprint density at radius 2 is 1.86 bits per heavy atom. The molecule has 6 nitrogen and oxygen atoms in total. The van der Waals surface area contributed by atoms with Crippen LogP contribution in [0.2, 0.25) is 0 Å². The normalized spacial score (nSPS) is 22.7. The van der Waals surface area contributed by atoms with Gasteiger partial charge in [0.05, 0.1) is 13.4 Å². The summed E-state index contributed by atoms with van der Waals surface area (Å²) in [7, 11) is 1.57. The number of ether oxygens (including phenoxy) is 3. The van der Waals surface area contributed by atoms with Gasteiger partial charge in [0, 0.05) is 5.56 Å². The van der Waals surface area contributed by atoms with Crippen molar-refractivity contribution in [3.63, 3.8) is 0 Å². The van der Waals surface area contributed by atoms with E-state index < -0.39 is 18.0 Å². The van der Waals surface area contributed by atoms with Crippen LogP contribution >= 0.6 is 0 Å². The molecule has 0 amide bonds. The van der Waals surface area contributed by atoms with E-state index in [0.29, 0.717) is 17.1 Å². The van der Waals surface area contributed by atoms with E-state index >= 15 is 0 Å². The molecule has 0 saturated carbocycles. The second-order valence-corrected chi connectivity index (χ2v) is 4.71. The van der Waals surface area contributed by atoms with Crippen LogP contribution in [0.4, 0.5) is 0 Å². The van der Waals surface area contributed by atoms with E-state index in [4.69, 9.17) is 18.6 Å². The Kier molecular flexibility index (Phi) is 3.56. The van der Waals surface area contributed by atoms with Crippen molar-refractivity contribution in [2.24, 2.45) is 0 Å². The molecule has 1 saturated heterocycles. The van der Waals surface area contributed by atoms with Gasteiger partial charge in [0.1, 0.15) is 23.6 Å². The lowest BCUT2D eigenvalue weighted by molar-refractivity contribution is -0.0734. The molecule has 2 atom stereocenters. The second kappa shape index (κ2) is 5.53. The van der Waals surface area contributed by atoms with E-state index in [1.165, 1.54) is 6.26 Å². The SMILES string of the molecule is COc1ccc([C@H]2O[C@@H](c3ccco3)C(C#N)(C#N)O2)cc1. The van der Waals surface area contributed by atoms with Crippen LogP contribution in [0.1, 0.15) is 23.7 Å². The lowest BCUT2D eigenvalue weighted by Gasteiger charge is -2.15. The lowest BCUT2D eigenvalue weighted by atomic mass is 9.99. The summed E-state index contributed by atoms with van der Waals surface area (Å²) >= 11 is 0. The molecule has 0 N–H and O–H groups in total. The number of methoxy groups -OCH3 is 1. The van der Waals surface area contributed by atoms with Crippen LogP contribution in [0, 0.1) is 22.7 Å². The zero-order valence-corrected chi connectivity index (χ0v) is 11.7. The average molecular weight is 296 g/mol. The molecular weight excluding hydrogens is 284 g/mol. The highest BCUT2D eigenvalue weighted by atomic mass is 16.7. The molecule has 22 heavy (non-hydrogen) atoms. The van der Waals surface area contributed by atoms with Gasteiger partial charge in [0.2, 0.25) is 0 Å². The number of hydrogen-bond donors (Lipinski definition) is 0. The van der Waals surface area contributed by atoms with Crippen LogP contribution < -0.4 is 4.74 Å². The summed E-state index contributed by atoms with van der Waals surface area (Å²) in [6.45, 7) is 0. The van der Waals surface area contributed by atoms with E-state index in [9.17, 15) is 10.5 Å². The Morgan fingerprint density at radius 3 is 2.41 bits per heavy atom. The monoisotopic (exact) mass is 296 g/mol. The summed E-state index contributed by atoms with van der Waals surface area (Å²) in [5, 5.41) is 18.8. The molecule has 110 valence electrons. The third kappa shape index (κ3) is 2.21. The van der Waals surface area contributed by atoms with Crippen LogP contribution in [-0.2, 0) is 9.47 Å². The fourth-order valence-electron chi connectivity index (χ4n) is 2.29. The highest BCUT2D eigenvalue weighted by Crippen LogP contribution is 2.46. The quantitative estimate of drug-likeness (QED) is 0.865. The van der Waals surface area contributed by atoms with E-state index in [1.807, 2.05) is 12.1 Å². The van der Waals surface area contributed by atoms with Crippen molar-refractivity contribution in [2.45, 2.75) is 18.0 Å². The summed E-state index contributed by atoms with van der Waals surface area (Å²) in [6.07, 6.45) is -0.288. The first-order valence-electron chi connectivity index (χ1n) is 6.55. The van der Waals surface area contributed by atoms with E-state index in [-0.39, 0.29) is 0 Å². The van der Waals surface area contributed by atoms with Crippen LogP contribution in [0.5, 0.6) is 5.75 Å². The molecule has 2 aromatic rings. The van der Waals surface area contributed by atoms with Crippen molar-refractivity contribution in [1.82, 2.24) is 0 Å². The van der Waals surface area contributed by atoms with Crippen molar-refractivity contribution >= 4 is 0 Å². The molecule has 0 aliphatic carbocycles. The van der Waals surface area contributed by atoms with Gasteiger partial charge in [-0.2, -0.15) is 10.5 Å². The summed E-state index contributed by atoms with van der Waals surface area (Å²) in [4.78, 5) is 0. The Bertz CT molecular complexity index is 711. The molecule has 1 fully saturated rings. The molecular formula is C16H12N2O4. The molecule has 0 spiro atoms. The number of nitrogens with zero attached hydrogens (tertiary/aromatic N) is 2. The topological polar surface area (TPSA) is 88.4 Å². The Hall–Kier alpha value is -2.80. The third-order valence-electron chi connectivity index (χ3n) is 3.44. The fraction of sp³-hybridized carbons (Fsp3) is 0.250. The zero-order valence-electron chi connectivity index (χ0n) is 11.7. The fourth-order valence-corrected chi connectivity index (χ4v) is 2.29. The van der Waals surface area contributed by atoms with Crippen molar-refractivity contribution in [3.8, 4) is 17.9 Å². The average Bonchev–Trinajstić information content (AvgIpc) is 3.22. The van der Waals surface area contributed by atoms with Gasteiger partial charge in [0.25, 0.3) is 5.60 Å². The highest BCUT2D eigenvalue weighted by molar-refractivity contribution is 5.32. The molecule has 2 heterocycles. The standard InChI is InChI=1S/C16H12N2O4/c1-19-12-6-4-11(5-7-12)15-21-14(13-3-2-8-20-13)16(9-17,10-18)22-15/h2-8,14-15H,1H3/t14-,15-/m0/s1. The molecule has 6 heteroatoms. The molecule has 1 aliphatic heterocycles. The first-order valence-corrected chi connectivity index (χ1v) is 6.55. The zero-order chi connectivity index (χ0) is 15.6. The van der Waals surface area contributed by atoms with Gasteiger partial charge in [0.15, 0.2) is 12.4 Å². The molecule has 1 aromatic heterocycles. The molecule has 1 aromatic carbocycles. The predicted octanol–water partition coefficient (Wildman–Crippen LogP) is 2.86. The summed E-state index contributed by atoms with van der Waals surface area (Å²) in [5.74, 6) is 1.07. The highest BCUT2D eigenvalue weighted by Gasteiger charge is 2.54. The first kappa shape index (κ1) is 14.2.